The van der Waals surface area contributed by atoms with Crippen LogP contribution in [0.2, 0.25) is 15.1 Å². The van der Waals surface area contributed by atoms with Crippen LogP contribution in [0.3, 0.4) is 0 Å². The van der Waals surface area contributed by atoms with Crippen molar-refractivity contribution in [3.05, 3.63) is 97.5 Å². The van der Waals surface area contributed by atoms with E-state index in [1.807, 2.05) is 31.2 Å². The van der Waals surface area contributed by atoms with Gasteiger partial charge < -0.3 is 24.8 Å². The second-order valence-corrected chi connectivity index (χ2v) is 11.9. The Morgan fingerprint density at radius 3 is 2.28 bits per heavy atom. The van der Waals surface area contributed by atoms with Gasteiger partial charge in [-0.3, -0.25) is 9.59 Å². The molecule has 0 saturated heterocycles. The van der Waals surface area contributed by atoms with E-state index in [1.54, 1.807) is 23.1 Å². The van der Waals surface area contributed by atoms with Crippen LogP contribution >= 0.6 is 34.8 Å². The lowest BCUT2D eigenvalue weighted by Gasteiger charge is -2.29. The van der Waals surface area contributed by atoms with Gasteiger partial charge in [0.25, 0.3) is 12.4 Å². The predicted octanol–water partition coefficient (Wildman–Crippen LogP) is 8.07. The van der Waals surface area contributed by atoms with Gasteiger partial charge in [0, 0.05) is 24.7 Å². The summed E-state index contributed by atoms with van der Waals surface area (Å²) in [6, 6.07) is 14.8. The van der Waals surface area contributed by atoms with E-state index in [0.29, 0.717) is 46.6 Å². The van der Waals surface area contributed by atoms with Crippen molar-refractivity contribution in [1.82, 2.24) is 10.2 Å². The van der Waals surface area contributed by atoms with Crippen LogP contribution in [0.15, 0.2) is 60.2 Å². The number of carbonyl (C=O) groups excluding carboxylic acids is 1. The summed E-state index contributed by atoms with van der Waals surface area (Å²) < 4.78 is 51.9. The molecule has 46 heavy (non-hydrogen) atoms. The highest BCUT2D eigenvalue weighted by molar-refractivity contribution is 6.37. The van der Waals surface area contributed by atoms with Gasteiger partial charge in [0.15, 0.2) is 5.75 Å². The van der Waals surface area contributed by atoms with E-state index in [2.05, 4.69) is 5.32 Å². The predicted molar refractivity (Wildman–Crippen MR) is 172 cm³/mol. The highest BCUT2D eigenvalue weighted by atomic mass is 35.5. The third kappa shape index (κ3) is 9.09. The van der Waals surface area contributed by atoms with Gasteiger partial charge in [-0.15, -0.1) is 0 Å². The molecule has 246 valence electrons. The molecule has 1 fully saturated rings. The van der Waals surface area contributed by atoms with E-state index in [-0.39, 0.29) is 48.8 Å². The Balaban J connectivity index is 0.00000154. The number of alkyl halides is 3. The van der Waals surface area contributed by atoms with Crippen molar-refractivity contribution >= 4 is 52.8 Å². The fourth-order valence-electron chi connectivity index (χ4n) is 5.12. The Kier molecular flexibility index (Phi) is 12.2. The van der Waals surface area contributed by atoms with Crippen molar-refractivity contribution < 1.29 is 37.3 Å². The standard InChI is InChI=1S/C32H30Cl3F3N2O3.CH2O2/c1-19-15-27(33)30(28(34)16-19)43-14-13-42-23-9-5-20(6-10-23)24-11-12-39-17-25(24)31(41)40(22-7-8-22)18-21-3-2-4-26(29(21)35)32(36,37)38;2-1-3/h2-6,9-10,15-16,22,39H,7-8,11-14,17-18H2,1H3;1H,(H,2,3). The van der Waals surface area contributed by atoms with Crippen LogP contribution in [0.5, 0.6) is 11.5 Å². The average molecular weight is 700 g/mol. The van der Waals surface area contributed by atoms with Gasteiger partial charge >= 0.3 is 6.18 Å². The van der Waals surface area contributed by atoms with Crippen LogP contribution in [-0.4, -0.2) is 54.7 Å². The normalized spacial score (nSPS) is 14.7. The molecule has 0 bridgehead atoms. The number of ether oxygens (including phenoxy) is 2. The maximum atomic E-state index is 13.9. The van der Waals surface area contributed by atoms with Gasteiger partial charge in [0.1, 0.15) is 19.0 Å². The Morgan fingerprint density at radius 1 is 1.04 bits per heavy atom. The van der Waals surface area contributed by atoms with E-state index < -0.39 is 11.7 Å². The number of nitrogens with zero attached hydrogens (tertiary/aromatic N) is 1. The molecule has 1 heterocycles. The quantitative estimate of drug-likeness (QED) is 0.164. The smallest absolute Gasteiger partial charge is 0.417 e. The van der Waals surface area contributed by atoms with Crippen LogP contribution in [-0.2, 0) is 22.3 Å². The number of rotatable bonds is 10. The summed E-state index contributed by atoms with van der Waals surface area (Å²) in [6.07, 6.45) is -2.33. The van der Waals surface area contributed by atoms with Gasteiger partial charge in [-0.2, -0.15) is 13.2 Å². The van der Waals surface area contributed by atoms with Crippen molar-refractivity contribution in [2.75, 3.05) is 26.3 Å². The topological polar surface area (TPSA) is 88.1 Å². The molecule has 0 atom stereocenters. The highest BCUT2D eigenvalue weighted by Gasteiger charge is 2.38. The van der Waals surface area contributed by atoms with Gasteiger partial charge in [0.05, 0.1) is 20.6 Å². The van der Waals surface area contributed by atoms with Crippen LogP contribution in [0, 0.1) is 6.92 Å². The van der Waals surface area contributed by atoms with Crippen LogP contribution < -0.4 is 14.8 Å². The molecule has 2 aliphatic rings. The zero-order chi connectivity index (χ0) is 33.4. The number of carbonyl (C=O) groups is 2. The molecule has 0 spiro atoms. The molecule has 5 rings (SSSR count). The number of aryl methyl sites for hydroxylation is 1. The fraction of sp³-hybridized carbons (Fsp3) is 0.333. The lowest BCUT2D eigenvalue weighted by molar-refractivity contribution is -0.137. The zero-order valence-electron chi connectivity index (χ0n) is 24.8. The fourth-order valence-corrected chi connectivity index (χ4v) is 6.12. The average Bonchev–Trinajstić information content (AvgIpc) is 3.85. The Morgan fingerprint density at radius 2 is 1.67 bits per heavy atom. The molecular weight excluding hydrogens is 668 g/mol. The summed E-state index contributed by atoms with van der Waals surface area (Å²) >= 11 is 18.6. The third-order valence-electron chi connectivity index (χ3n) is 7.39. The molecule has 1 saturated carbocycles. The molecular formula is C33H32Cl3F3N2O5. The van der Waals surface area contributed by atoms with Crippen molar-refractivity contribution in [3.63, 3.8) is 0 Å². The van der Waals surface area contributed by atoms with Crippen LogP contribution in [0.25, 0.3) is 5.57 Å². The largest absolute Gasteiger partial charge is 0.490 e. The number of hydrogen-bond acceptors (Lipinski definition) is 5. The van der Waals surface area contributed by atoms with Gasteiger partial charge in [-0.1, -0.05) is 59.1 Å². The molecule has 13 heteroatoms. The lowest BCUT2D eigenvalue weighted by atomic mass is 9.93. The summed E-state index contributed by atoms with van der Waals surface area (Å²) in [7, 11) is 0. The third-order valence-corrected chi connectivity index (χ3v) is 8.40. The van der Waals surface area contributed by atoms with Crippen molar-refractivity contribution in [3.8, 4) is 11.5 Å². The minimum atomic E-state index is -4.57. The summed E-state index contributed by atoms with van der Waals surface area (Å²) in [5.74, 6) is 0.859. The molecule has 1 amide bonds. The minimum Gasteiger partial charge on any atom is -0.490 e. The monoisotopic (exact) mass is 698 g/mol. The Labute approximate surface area is 279 Å². The zero-order valence-corrected chi connectivity index (χ0v) is 27.1. The Hall–Kier alpha value is -3.44. The van der Waals surface area contributed by atoms with Crippen molar-refractivity contribution in [1.29, 1.82) is 0 Å². The molecule has 1 aliphatic carbocycles. The molecule has 3 aromatic carbocycles. The van der Waals surface area contributed by atoms with Gasteiger partial charge in [-0.25, -0.2) is 0 Å². The lowest BCUT2D eigenvalue weighted by Crippen LogP contribution is -2.39. The molecule has 3 aromatic rings. The molecule has 2 N–H and O–H groups in total. The second kappa shape index (κ2) is 15.9. The summed E-state index contributed by atoms with van der Waals surface area (Å²) in [4.78, 5) is 23.9. The van der Waals surface area contributed by atoms with E-state index >= 15 is 0 Å². The van der Waals surface area contributed by atoms with E-state index in [9.17, 15) is 18.0 Å². The van der Waals surface area contributed by atoms with Crippen molar-refractivity contribution in [2.24, 2.45) is 0 Å². The number of carboxylic acid groups (broad SMARTS) is 1. The van der Waals surface area contributed by atoms with Crippen LogP contribution in [0.4, 0.5) is 13.2 Å². The van der Waals surface area contributed by atoms with E-state index in [0.717, 1.165) is 35.6 Å². The summed E-state index contributed by atoms with van der Waals surface area (Å²) in [5.41, 5.74) is 2.72. The number of benzene rings is 3. The SMILES string of the molecule is Cc1cc(Cl)c(OCCOc2ccc(C3=C(C(=O)N(Cc4cccc(C(F)(F)F)c4Cl)C4CC4)CNCC3)cc2)c(Cl)c1.O=CO. The molecule has 7 nitrogen and oxygen atoms in total. The van der Waals surface area contributed by atoms with Gasteiger partial charge in [-0.05, 0) is 85.3 Å². The first-order chi connectivity index (χ1) is 21.9. The minimum absolute atomic E-state index is 0.0108. The maximum Gasteiger partial charge on any atom is 0.417 e. The van der Waals surface area contributed by atoms with E-state index in [1.165, 1.54) is 6.07 Å². The number of nitrogens with one attached hydrogen (secondary N) is 1. The van der Waals surface area contributed by atoms with Gasteiger partial charge in [0.2, 0.25) is 0 Å². The molecule has 1 aliphatic heterocycles. The first-order valence-electron chi connectivity index (χ1n) is 14.4. The Bertz CT molecular complexity index is 1550. The second-order valence-electron chi connectivity index (χ2n) is 10.7. The number of hydrogen-bond donors (Lipinski definition) is 2. The van der Waals surface area contributed by atoms with E-state index in [4.69, 9.17) is 54.2 Å². The first kappa shape index (κ1) is 35.4. The first-order valence-corrected chi connectivity index (χ1v) is 15.6. The molecule has 0 aromatic heterocycles. The summed E-state index contributed by atoms with van der Waals surface area (Å²) in [5, 5.41) is 10.7. The molecule has 0 radical (unpaired) electrons. The number of halogens is 6. The summed E-state index contributed by atoms with van der Waals surface area (Å²) in [6.45, 7) is 3.24. The van der Waals surface area contributed by atoms with Crippen LogP contribution in [0.1, 0.15) is 41.5 Å². The number of amides is 1. The highest BCUT2D eigenvalue weighted by Crippen LogP contribution is 2.39. The van der Waals surface area contributed by atoms with Crippen molar-refractivity contribution in [2.45, 2.75) is 44.9 Å². The molecule has 0 unspecified atom stereocenters. The maximum absolute atomic E-state index is 13.9.